The van der Waals surface area contributed by atoms with E-state index >= 15 is 0 Å². The molecular formula is C12H23N3O2. The fourth-order valence-corrected chi connectivity index (χ4v) is 2.36. The summed E-state index contributed by atoms with van der Waals surface area (Å²) >= 11 is 0. The summed E-state index contributed by atoms with van der Waals surface area (Å²) in [6.07, 6.45) is 3.90. The lowest BCUT2D eigenvalue weighted by molar-refractivity contribution is 0.219. The highest BCUT2D eigenvalue weighted by atomic mass is 16.3. The summed E-state index contributed by atoms with van der Waals surface area (Å²) in [6.45, 7) is 4.82. The maximum absolute atomic E-state index is 11.4. The number of rotatable bonds is 5. The van der Waals surface area contributed by atoms with Gasteiger partial charge in [0.15, 0.2) is 0 Å². The van der Waals surface area contributed by atoms with Crippen molar-refractivity contribution in [1.29, 1.82) is 0 Å². The van der Waals surface area contributed by atoms with Gasteiger partial charge in [0.05, 0.1) is 12.6 Å². The van der Waals surface area contributed by atoms with Crippen molar-refractivity contribution in [2.45, 2.75) is 38.3 Å². The van der Waals surface area contributed by atoms with E-state index < -0.39 is 0 Å². The molecule has 0 bridgehead atoms. The Balaban J connectivity index is 1.60. The highest BCUT2D eigenvalue weighted by Crippen LogP contribution is 2.31. The smallest absolute Gasteiger partial charge is 0.315 e. The minimum absolute atomic E-state index is 0.0215. The van der Waals surface area contributed by atoms with E-state index in [-0.39, 0.29) is 18.7 Å². The van der Waals surface area contributed by atoms with Gasteiger partial charge in [-0.1, -0.05) is 0 Å². The number of carbonyl (C=O) groups is 1. The summed E-state index contributed by atoms with van der Waals surface area (Å²) in [4.78, 5) is 14.0. The molecule has 0 aromatic rings. The molecule has 3 N–H and O–H groups in total. The molecule has 1 aliphatic heterocycles. The van der Waals surface area contributed by atoms with Gasteiger partial charge in [-0.15, -0.1) is 0 Å². The first-order valence-electron chi connectivity index (χ1n) is 6.58. The van der Waals surface area contributed by atoms with E-state index in [1.807, 2.05) is 0 Å². The van der Waals surface area contributed by atoms with Crippen LogP contribution in [0.5, 0.6) is 0 Å². The van der Waals surface area contributed by atoms with Crippen LogP contribution in [0.4, 0.5) is 4.79 Å². The third-order valence-electron chi connectivity index (χ3n) is 3.58. The molecule has 0 radical (unpaired) electrons. The Bertz CT molecular complexity index is 268. The fraction of sp³-hybridized carbons (Fsp3) is 0.917. The average molecular weight is 241 g/mol. The van der Waals surface area contributed by atoms with Gasteiger partial charge in [0.25, 0.3) is 0 Å². The summed E-state index contributed by atoms with van der Waals surface area (Å²) in [5.74, 6) is 0.589. The van der Waals surface area contributed by atoms with Crippen LogP contribution in [0.3, 0.4) is 0 Å². The van der Waals surface area contributed by atoms with Gasteiger partial charge >= 0.3 is 6.03 Å². The first kappa shape index (κ1) is 12.6. The molecular weight excluding hydrogens is 218 g/mol. The Hall–Kier alpha value is -0.810. The summed E-state index contributed by atoms with van der Waals surface area (Å²) in [5.41, 5.74) is 0. The van der Waals surface area contributed by atoms with Gasteiger partial charge in [0.1, 0.15) is 0 Å². The van der Waals surface area contributed by atoms with Crippen LogP contribution >= 0.6 is 0 Å². The molecule has 0 spiro atoms. The van der Waals surface area contributed by atoms with Gasteiger partial charge in [-0.05, 0) is 38.6 Å². The molecule has 0 aromatic carbocycles. The summed E-state index contributed by atoms with van der Waals surface area (Å²) < 4.78 is 0. The Labute approximate surface area is 103 Å². The lowest BCUT2D eigenvalue weighted by Gasteiger charge is -2.16. The third kappa shape index (κ3) is 3.85. The number of hydrogen-bond acceptors (Lipinski definition) is 3. The van der Waals surface area contributed by atoms with Crippen LogP contribution in [0, 0.1) is 5.92 Å². The molecule has 2 aliphatic rings. The van der Waals surface area contributed by atoms with E-state index in [0.717, 1.165) is 19.1 Å². The van der Waals surface area contributed by atoms with Crippen LogP contribution in [0.2, 0.25) is 0 Å². The van der Waals surface area contributed by atoms with Crippen LogP contribution in [0.15, 0.2) is 0 Å². The number of aliphatic hydroxyl groups excluding tert-OH is 1. The lowest BCUT2D eigenvalue weighted by Crippen LogP contribution is -2.44. The van der Waals surface area contributed by atoms with E-state index in [9.17, 15) is 4.79 Å². The standard InChI is InChI=1S/C12H23N3O2/c1-9(8-16)14-12(17)13-6-10-4-5-15(7-10)11-2-3-11/h9-11,16H,2-8H2,1H3,(H2,13,14,17). The van der Waals surface area contributed by atoms with E-state index in [0.29, 0.717) is 5.92 Å². The average Bonchev–Trinajstić information content (AvgIpc) is 3.06. The zero-order chi connectivity index (χ0) is 12.3. The molecule has 17 heavy (non-hydrogen) atoms. The Morgan fingerprint density at radius 1 is 1.47 bits per heavy atom. The van der Waals surface area contributed by atoms with Crippen molar-refractivity contribution in [3.63, 3.8) is 0 Å². The first-order valence-corrected chi connectivity index (χ1v) is 6.58. The van der Waals surface area contributed by atoms with Gasteiger partial charge in [-0.3, -0.25) is 0 Å². The number of carbonyl (C=O) groups excluding carboxylic acids is 1. The van der Waals surface area contributed by atoms with Gasteiger partial charge in [-0.25, -0.2) is 4.79 Å². The second-order valence-electron chi connectivity index (χ2n) is 5.32. The van der Waals surface area contributed by atoms with Crippen LogP contribution < -0.4 is 10.6 Å². The van der Waals surface area contributed by atoms with Crippen LogP contribution in [0.1, 0.15) is 26.2 Å². The monoisotopic (exact) mass is 241 g/mol. The molecule has 98 valence electrons. The fourth-order valence-electron chi connectivity index (χ4n) is 2.36. The SMILES string of the molecule is CC(CO)NC(=O)NCC1CCN(C2CC2)C1. The van der Waals surface area contributed by atoms with Crippen molar-refractivity contribution >= 4 is 6.03 Å². The minimum atomic E-state index is -0.179. The number of nitrogens with one attached hydrogen (secondary N) is 2. The van der Waals surface area contributed by atoms with Crippen molar-refractivity contribution < 1.29 is 9.90 Å². The molecule has 0 aromatic heterocycles. The van der Waals surface area contributed by atoms with Gasteiger partial charge < -0.3 is 20.6 Å². The maximum atomic E-state index is 11.4. The number of amides is 2. The van der Waals surface area contributed by atoms with E-state index in [1.54, 1.807) is 6.92 Å². The van der Waals surface area contributed by atoms with E-state index in [1.165, 1.54) is 25.8 Å². The Morgan fingerprint density at radius 2 is 2.24 bits per heavy atom. The topological polar surface area (TPSA) is 64.6 Å². The zero-order valence-electron chi connectivity index (χ0n) is 10.5. The lowest BCUT2D eigenvalue weighted by atomic mass is 10.1. The molecule has 2 fully saturated rings. The van der Waals surface area contributed by atoms with Crippen molar-refractivity contribution in [1.82, 2.24) is 15.5 Å². The number of aliphatic hydroxyl groups is 1. The molecule has 5 nitrogen and oxygen atoms in total. The Kier molecular flexibility index (Phi) is 4.23. The van der Waals surface area contributed by atoms with Crippen molar-refractivity contribution in [2.24, 2.45) is 5.92 Å². The van der Waals surface area contributed by atoms with Crippen LogP contribution in [-0.2, 0) is 0 Å². The highest BCUT2D eigenvalue weighted by Gasteiger charge is 2.34. The third-order valence-corrected chi connectivity index (χ3v) is 3.58. The molecule has 2 unspecified atom stereocenters. The molecule has 2 amide bonds. The quantitative estimate of drug-likeness (QED) is 0.642. The van der Waals surface area contributed by atoms with Crippen molar-refractivity contribution in [3.8, 4) is 0 Å². The molecule has 2 rings (SSSR count). The second-order valence-corrected chi connectivity index (χ2v) is 5.32. The molecule has 2 atom stereocenters. The predicted octanol–water partition coefficient (Wildman–Crippen LogP) is 0.151. The van der Waals surface area contributed by atoms with E-state index in [4.69, 9.17) is 5.11 Å². The maximum Gasteiger partial charge on any atom is 0.315 e. The molecule has 1 saturated heterocycles. The number of nitrogens with zero attached hydrogens (tertiary/aromatic N) is 1. The van der Waals surface area contributed by atoms with Crippen molar-refractivity contribution in [2.75, 3.05) is 26.2 Å². The predicted molar refractivity (Wildman–Crippen MR) is 65.8 cm³/mol. The summed E-state index contributed by atoms with van der Waals surface area (Å²) in [5, 5.41) is 14.4. The minimum Gasteiger partial charge on any atom is -0.394 e. The second kappa shape index (κ2) is 5.69. The molecule has 5 heteroatoms. The molecule has 1 saturated carbocycles. The Morgan fingerprint density at radius 3 is 2.88 bits per heavy atom. The van der Waals surface area contributed by atoms with Gasteiger partial charge in [0, 0.05) is 19.1 Å². The van der Waals surface area contributed by atoms with Crippen LogP contribution in [-0.4, -0.2) is 54.4 Å². The largest absolute Gasteiger partial charge is 0.394 e. The molecule has 1 aliphatic carbocycles. The summed E-state index contributed by atoms with van der Waals surface area (Å²) in [6, 6.07) is 0.487. The normalized spacial score (nSPS) is 26.8. The van der Waals surface area contributed by atoms with Gasteiger partial charge in [0.2, 0.25) is 0 Å². The van der Waals surface area contributed by atoms with Gasteiger partial charge in [-0.2, -0.15) is 0 Å². The number of urea groups is 1. The van der Waals surface area contributed by atoms with Crippen molar-refractivity contribution in [3.05, 3.63) is 0 Å². The zero-order valence-corrected chi connectivity index (χ0v) is 10.5. The summed E-state index contributed by atoms with van der Waals surface area (Å²) in [7, 11) is 0. The van der Waals surface area contributed by atoms with Crippen LogP contribution in [0.25, 0.3) is 0 Å². The van der Waals surface area contributed by atoms with E-state index in [2.05, 4.69) is 15.5 Å². The number of hydrogen-bond donors (Lipinski definition) is 3. The highest BCUT2D eigenvalue weighted by molar-refractivity contribution is 5.74. The number of likely N-dealkylation sites (tertiary alicyclic amines) is 1. The molecule has 1 heterocycles. The first-order chi connectivity index (χ1) is 8.19.